The van der Waals surface area contributed by atoms with Gasteiger partial charge in [-0.3, -0.25) is 0 Å². The summed E-state index contributed by atoms with van der Waals surface area (Å²) < 4.78 is 32.1. The average molecular weight is 298 g/mol. The van der Waals surface area contributed by atoms with E-state index < -0.39 is 11.6 Å². The molecule has 106 valence electrons. The van der Waals surface area contributed by atoms with E-state index in [9.17, 15) is 8.78 Å². The van der Waals surface area contributed by atoms with Crippen LogP contribution in [-0.2, 0) is 13.1 Å². The van der Waals surface area contributed by atoms with Gasteiger partial charge in [-0.1, -0.05) is 23.7 Å². The van der Waals surface area contributed by atoms with Gasteiger partial charge < -0.3 is 10.1 Å². The summed E-state index contributed by atoms with van der Waals surface area (Å²) in [5.74, 6) is -0.494. The fourth-order valence-electron chi connectivity index (χ4n) is 1.92. The van der Waals surface area contributed by atoms with Crippen LogP contribution in [0, 0.1) is 11.6 Å². The minimum Gasteiger partial charge on any atom is -0.496 e. The molecular formula is C15H14ClF2NO. The second-order valence-electron chi connectivity index (χ2n) is 4.22. The normalized spacial score (nSPS) is 10.6. The number of methoxy groups -OCH3 is 1. The zero-order chi connectivity index (χ0) is 14.5. The highest BCUT2D eigenvalue weighted by Gasteiger charge is 2.10. The summed E-state index contributed by atoms with van der Waals surface area (Å²) in [6, 6.07) is 9.11. The van der Waals surface area contributed by atoms with E-state index in [1.54, 1.807) is 25.3 Å². The Morgan fingerprint density at radius 2 is 1.60 bits per heavy atom. The van der Waals surface area contributed by atoms with Gasteiger partial charge in [-0.25, -0.2) is 8.78 Å². The topological polar surface area (TPSA) is 21.3 Å². The minimum atomic E-state index is -0.566. The van der Waals surface area contributed by atoms with Crippen LogP contribution in [0.15, 0.2) is 36.4 Å². The lowest BCUT2D eigenvalue weighted by Crippen LogP contribution is -2.16. The second kappa shape index (κ2) is 6.68. The number of ether oxygens (including phenoxy) is 1. The van der Waals surface area contributed by atoms with Crippen LogP contribution < -0.4 is 10.1 Å². The Balaban J connectivity index is 2.07. The molecule has 0 aliphatic heterocycles. The summed E-state index contributed by atoms with van der Waals surface area (Å²) in [4.78, 5) is 0. The van der Waals surface area contributed by atoms with E-state index in [0.29, 0.717) is 17.3 Å². The van der Waals surface area contributed by atoms with E-state index in [1.807, 2.05) is 0 Å². The molecule has 20 heavy (non-hydrogen) atoms. The van der Waals surface area contributed by atoms with Gasteiger partial charge in [0.15, 0.2) is 0 Å². The van der Waals surface area contributed by atoms with Crippen molar-refractivity contribution in [2.24, 2.45) is 0 Å². The molecule has 2 nitrogen and oxygen atoms in total. The van der Waals surface area contributed by atoms with Crippen molar-refractivity contribution in [2.75, 3.05) is 7.11 Å². The molecule has 0 atom stereocenters. The summed E-state index contributed by atoms with van der Waals surface area (Å²) >= 11 is 6.08. The molecule has 0 aliphatic carbocycles. The van der Waals surface area contributed by atoms with E-state index in [-0.39, 0.29) is 12.1 Å². The van der Waals surface area contributed by atoms with Crippen LogP contribution >= 0.6 is 11.6 Å². The summed E-state index contributed by atoms with van der Waals surface area (Å²) in [6.07, 6.45) is 0. The van der Waals surface area contributed by atoms with Crippen molar-refractivity contribution in [3.8, 4) is 5.75 Å². The third-order valence-corrected chi connectivity index (χ3v) is 3.32. The number of rotatable bonds is 5. The Morgan fingerprint density at radius 1 is 1.00 bits per heavy atom. The van der Waals surface area contributed by atoms with E-state index in [1.165, 1.54) is 18.2 Å². The van der Waals surface area contributed by atoms with Crippen LogP contribution in [0.5, 0.6) is 5.75 Å². The first-order valence-electron chi connectivity index (χ1n) is 6.08. The summed E-state index contributed by atoms with van der Waals surface area (Å²) in [5, 5.41) is 3.52. The molecule has 0 spiro atoms. The van der Waals surface area contributed by atoms with Gasteiger partial charge in [0.2, 0.25) is 0 Å². The molecule has 0 saturated heterocycles. The Kier molecular flexibility index (Phi) is 4.93. The molecule has 0 amide bonds. The van der Waals surface area contributed by atoms with Gasteiger partial charge in [0, 0.05) is 29.2 Å². The Hall–Kier alpha value is -1.65. The quantitative estimate of drug-likeness (QED) is 0.903. The number of nitrogens with one attached hydrogen (secondary N) is 1. The smallest absolute Gasteiger partial charge is 0.130 e. The van der Waals surface area contributed by atoms with Crippen molar-refractivity contribution in [3.05, 3.63) is 64.2 Å². The predicted molar refractivity (Wildman–Crippen MR) is 74.9 cm³/mol. The Morgan fingerprint density at radius 3 is 2.25 bits per heavy atom. The van der Waals surface area contributed by atoms with Crippen LogP contribution in [0.1, 0.15) is 11.1 Å². The van der Waals surface area contributed by atoms with Gasteiger partial charge in [0.25, 0.3) is 0 Å². The van der Waals surface area contributed by atoms with Crippen molar-refractivity contribution >= 4 is 11.6 Å². The number of hydrogen-bond donors (Lipinski definition) is 1. The maximum absolute atomic E-state index is 13.5. The van der Waals surface area contributed by atoms with Crippen molar-refractivity contribution in [3.63, 3.8) is 0 Å². The minimum absolute atomic E-state index is 0.0125. The lowest BCUT2D eigenvalue weighted by Gasteiger charge is -2.12. The van der Waals surface area contributed by atoms with Crippen LogP contribution in [0.3, 0.4) is 0 Å². The third kappa shape index (κ3) is 3.26. The molecule has 2 rings (SSSR count). The average Bonchev–Trinajstić information content (AvgIpc) is 2.43. The molecule has 0 unspecified atom stereocenters. The first kappa shape index (κ1) is 14.8. The SMILES string of the molecule is COc1cccc(Cl)c1CNCc1c(F)cccc1F. The van der Waals surface area contributed by atoms with Gasteiger partial charge in [-0.05, 0) is 24.3 Å². The van der Waals surface area contributed by atoms with Gasteiger partial charge in [0.1, 0.15) is 17.4 Å². The summed E-state index contributed by atoms with van der Waals surface area (Å²) in [5.41, 5.74) is 0.770. The second-order valence-corrected chi connectivity index (χ2v) is 4.63. The number of hydrogen-bond acceptors (Lipinski definition) is 2. The maximum Gasteiger partial charge on any atom is 0.130 e. The fourth-order valence-corrected chi connectivity index (χ4v) is 2.15. The zero-order valence-electron chi connectivity index (χ0n) is 10.9. The summed E-state index contributed by atoms with van der Waals surface area (Å²) in [7, 11) is 1.55. The lowest BCUT2D eigenvalue weighted by atomic mass is 10.1. The summed E-state index contributed by atoms with van der Waals surface area (Å²) in [6.45, 7) is 0.434. The highest BCUT2D eigenvalue weighted by atomic mass is 35.5. The van der Waals surface area contributed by atoms with Gasteiger partial charge in [-0.15, -0.1) is 0 Å². The number of benzene rings is 2. The van der Waals surface area contributed by atoms with Gasteiger partial charge in [-0.2, -0.15) is 0 Å². The Bertz CT molecular complexity index is 584. The molecule has 2 aromatic carbocycles. The van der Waals surface area contributed by atoms with Crippen LogP contribution in [0.25, 0.3) is 0 Å². The molecule has 0 fully saturated rings. The highest BCUT2D eigenvalue weighted by molar-refractivity contribution is 6.31. The maximum atomic E-state index is 13.5. The molecule has 5 heteroatoms. The first-order valence-corrected chi connectivity index (χ1v) is 6.46. The van der Waals surface area contributed by atoms with Crippen LogP contribution in [0.2, 0.25) is 5.02 Å². The van der Waals surface area contributed by atoms with Crippen molar-refractivity contribution in [1.82, 2.24) is 5.32 Å². The standard InChI is InChI=1S/C15H14ClF2NO/c1-20-15-7-2-4-12(16)10(15)8-19-9-11-13(17)5-3-6-14(11)18/h2-7,19H,8-9H2,1H3. The van der Waals surface area contributed by atoms with Crippen molar-refractivity contribution < 1.29 is 13.5 Å². The van der Waals surface area contributed by atoms with E-state index in [0.717, 1.165) is 5.56 Å². The van der Waals surface area contributed by atoms with Gasteiger partial charge in [0.05, 0.1) is 7.11 Å². The molecule has 0 aliphatic rings. The van der Waals surface area contributed by atoms with Crippen molar-refractivity contribution in [1.29, 1.82) is 0 Å². The van der Waals surface area contributed by atoms with E-state index in [2.05, 4.69) is 5.32 Å². The molecule has 0 saturated carbocycles. The molecular weight excluding hydrogens is 284 g/mol. The third-order valence-electron chi connectivity index (χ3n) is 2.96. The lowest BCUT2D eigenvalue weighted by molar-refractivity contribution is 0.407. The van der Waals surface area contributed by atoms with Crippen molar-refractivity contribution in [2.45, 2.75) is 13.1 Å². The highest BCUT2D eigenvalue weighted by Crippen LogP contribution is 2.26. The molecule has 1 N–H and O–H groups in total. The molecule has 0 radical (unpaired) electrons. The van der Waals surface area contributed by atoms with Crippen LogP contribution in [-0.4, -0.2) is 7.11 Å². The largest absolute Gasteiger partial charge is 0.496 e. The van der Waals surface area contributed by atoms with E-state index in [4.69, 9.17) is 16.3 Å². The molecule has 0 bridgehead atoms. The fraction of sp³-hybridized carbons (Fsp3) is 0.200. The predicted octanol–water partition coefficient (Wildman–Crippen LogP) is 3.92. The zero-order valence-corrected chi connectivity index (χ0v) is 11.7. The van der Waals surface area contributed by atoms with E-state index >= 15 is 0 Å². The molecule has 0 aromatic heterocycles. The molecule has 0 heterocycles. The molecule has 2 aromatic rings. The van der Waals surface area contributed by atoms with Gasteiger partial charge >= 0.3 is 0 Å². The Labute approximate surface area is 121 Å². The van der Waals surface area contributed by atoms with Crippen LogP contribution in [0.4, 0.5) is 8.78 Å². The first-order chi connectivity index (χ1) is 9.63. The number of halogens is 3. The monoisotopic (exact) mass is 297 g/mol.